The van der Waals surface area contributed by atoms with E-state index in [-0.39, 0.29) is 18.0 Å². The van der Waals surface area contributed by atoms with Crippen molar-refractivity contribution in [3.8, 4) is 0 Å². The minimum atomic E-state index is -0.0388. The van der Waals surface area contributed by atoms with Gasteiger partial charge in [-0.15, -0.1) is 0 Å². The molecule has 5 heteroatoms. The zero-order chi connectivity index (χ0) is 18.7. The molecule has 0 spiro atoms. The molecule has 2 heterocycles. The number of ketones is 2. The van der Waals surface area contributed by atoms with Gasteiger partial charge in [-0.25, -0.2) is 0 Å². The minimum absolute atomic E-state index is 0.000746. The third-order valence-corrected chi connectivity index (χ3v) is 6.25. The summed E-state index contributed by atoms with van der Waals surface area (Å²) in [5.74, 6) is 0.479. The lowest BCUT2D eigenvalue weighted by atomic mass is 9.79. The van der Waals surface area contributed by atoms with Crippen molar-refractivity contribution in [1.82, 2.24) is 14.4 Å². The number of fused-ring (bicyclic) bond motifs is 4. The molecule has 0 saturated heterocycles. The van der Waals surface area contributed by atoms with Crippen molar-refractivity contribution in [2.45, 2.75) is 32.4 Å². The summed E-state index contributed by atoms with van der Waals surface area (Å²) in [6.45, 7) is 2.52. The van der Waals surface area contributed by atoms with E-state index in [4.69, 9.17) is 0 Å². The summed E-state index contributed by atoms with van der Waals surface area (Å²) in [7, 11) is 4.12. The number of aromatic nitrogens is 1. The highest BCUT2D eigenvalue weighted by atomic mass is 16.1. The molecular weight excluding hydrogens is 338 g/mol. The fourth-order valence-electron chi connectivity index (χ4n) is 4.85. The van der Waals surface area contributed by atoms with E-state index < -0.39 is 0 Å². The number of likely N-dealkylation sites (N-methyl/N-ethyl adjacent to an activating group) is 1. The Morgan fingerprint density at radius 3 is 2.89 bits per heavy atom. The van der Waals surface area contributed by atoms with Gasteiger partial charge in [0.25, 0.3) is 0 Å². The largest absolute Gasteiger partial charge is 0.358 e. The standard InChI is InChI=1S/C22H25N3O2/c1-23(2)7-8-24-12-17-19(26)11-20(27)21-16-9-14-5-3-4-6-15(14)10-18(16)25(13-24)22(17)21/h3,5,9,12,15H,4,6-8,10-11,13H2,1-2H3. The van der Waals surface area contributed by atoms with Crippen molar-refractivity contribution < 1.29 is 9.59 Å². The topological polar surface area (TPSA) is 45.6 Å². The molecule has 0 bridgehead atoms. The first kappa shape index (κ1) is 16.8. The maximum absolute atomic E-state index is 12.8. The second-order valence-electron chi connectivity index (χ2n) is 8.36. The van der Waals surface area contributed by atoms with Crippen LogP contribution in [0.1, 0.15) is 46.6 Å². The number of Topliss-reactive ketones (excluding diaryl/α,β-unsaturated/α-hetero) is 2. The van der Waals surface area contributed by atoms with Gasteiger partial charge in [-0.2, -0.15) is 0 Å². The number of carbonyl (C=O) groups is 2. The van der Waals surface area contributed by atoms with Crippen LogP contribution in [0.3, 0.4) is 0 Å². The van der Waals surface area contributed by atoms with Crippen LogP contribution in [-0.4, -0.2) is 53.1 Å². The average molecular weight is 363 g/mol. The zero-order valence-corrected chi connectivity index (χ0v) is 16.0. The number of allylic oxidation sites excluding steroid dienone is 4. The zero-order valence-electron chi connectivity index (χ0n) is 16.0. The van der Waals surface area contributed by atoms with Gasteiger partial charge < -0.3 is 14.4 Å². The predicted octanol–water partition coefficient (Wildman–Crippen LogP) is 2.72. The van der Waals surface area contributed by atoms with Gasteiger partial charge in [-0.05, 0) is 50.9 Å². The number of nitrogens with zero attached hydrogens (tertiary/aromatic N) is 3. The third-order valence-electron chi connectivity index (χ3n) is 6.25. The molecule has 5 rings (SSSR count). The van der Waals surface area contributed by atoms with Crippen LogP contribution in [0.5, 0.6) is 0 Å². The monoisotopic (exact) mass is 363 g/mol. The molecule has 5 nitrogen and oxygen atoms in total. The lowest BCUT2D eigenvalue weighted by molar-refractivity contribution is -0.113. The number of carbonyl (C=O) groups excluding carboxylic acids is 2. The van der Waals surface area contributed by atoms with Crippen LogP contribution in [0.2, 0.25) is 0 Å². The fraction of sp³-hybridized carbons (Fsp3) is 0.455. The van der Waals surface area contributed by atoms with E-state index in [1.165, 1.54) is 11.3 Å². The molecule has 1 atom stereocenters. The van der Waals surface area contributed by atoms with Gasteiger partial charge in [-0.1, -0.05) is 12.2 Å². The first-order valence-corrected chi connectivity index (χ1v) is 9.84. The average Bonchev–Trinajstić information content (AvgIpc) is 2.96. The van der Waals surface area contributed by atoms with Gasteiger partial charge in [0.05, 0.1) is 29.9 Å². The molecule has 0 radical (unpaired) electrons. The van der Waals surface area contributed by atoms with E-state index in [1.54, 1.807) is 0 Å². The van der Waals surface area contributed by atoms with E-state index in [9.17, 15) is 9.59 Å². The van der Waals surface area contributed by atoms with E-state index in [2.05, 4.69) is 46.7 Å². The maximum Gasteiger partial charge on any atom is 0.174 e. The molecule has 1 unspecified atom stereocenters. The predicted molar refractivity (Wildman–Crippen MR) is 105 cm³/mol. The molecule has 0 aromatic carbocycles. The van der Waals surface area contributed by atoms with Crippen LogP contribution >= 0.6 is 0 Å². The lowest BCUT2D eigenvalue weighted by Crippen LogP contribution is -2.35. The summed E-state index contributed by atoms with van der Waals surface area (Å²) in [4.78, 5) is 29.8. The second kappa shape index (κ2) is 6.06. The summed E-state index contributed by atoms with van der Waals surface area (Å²) in [5.41, 5.74) is 6.04. The Kier molecular flexibility index (Phi) is 3.76. The van der Waals surface area contributed by atoms with E-state index >= 15 is 0 Å². The van der Waals surface area contributed by atoms with E-state index in [0.29, 0.717) is 5.92 Å². The molecule has 0 fully saturated rings. The Morgan fingerprint density at radius 2 is 2.07 bits per heavy atom. The van der Waals surface area contributed by atoms with Crippen molar-refractivity contribution in [3.05, 3.63) is 46.4 Å². The molecule has 1 aliphatic heterocycles. The van der Waals surface area contributed by atoms with Crippen molar-refractivity contribution in [1.29, 1.82) is 0 Å². The summed E-state index contributed by atoms with van der Waals surface area (Å²) >= 11 is 0. The van der Waals surface area contributed by atoms with Crippen LogP contribution in [0.15, 0.2) is 23.9 Å². The molecule has 1 aromatic heterocycles. The van der Waals surface area contributed by atoms with Gasteiger partial charge in [0.15, 0.2) is 11.6 Å². The van der Waals surface area contributed by atoms with E-state index in [0.717, 1.165) is 61.4 Å². The highest BCUT2D eigenvalue weighted by Gasteiger charge is 2.40. The first-order chi connectivity index (χ1) is 13.0. The Morgan fingerprint density at radius 1 is 1.22 bits per heavy atom. The molecule has 140 valence electrons. The third kappa shape index (κ3) is 2.56. The Balaban J connectivity index is 1.65. The number of hydrogen-bond acceptors (Lipinski definition) is 4. The van der Waals surface area contributed by atoms with Crippen LogP contribution < -0.4 is 0 Å². The van der Waals surface area contributed by atoms with Crippen LogP contribution in [0, 0.1) is 5.92 Å². The second-order valence-corrected chi connectivity index (χ2v) is 8.36. The summed E-state index contributed by atoms with van der Waals surface area (Å²) < 4.78 is 2.26. The molecule has 0 amide bonds. The number of hydrogen-bond donors (Lipinski definition) is 0. The number of rotatable bonds is 3. The first-order valence-electron chi connectivity index (χ1n) is 9.84. The molecule has 4 aliphatic rings. The van der Waals surface area contributed by atoms with Crippen LogP contribution in [0.4, 0.5) is 0 Å². The van der Waals surface area contributed by atoms with Gasteiger partial charge in [0.2, 0.25) is 0 Å². The van der Waals surface area contributed by atoms with E-state index in [1.807, 2.05) is 6.20 Å². The Hall–Kier alpha value is -2.40. The van der Waals surface area contributed by atoms with Gasteiger partial charge in [0, 0.05) is 30.5 Å². The van der Waals surface area contributed by atoms with Crippen LogP contribution in [-0.2, 0) is 17.9 Å². The maximum atomic E-state index is 12.8. The smallest absolute Gasteiger partial charge is 0.174 e. The fourth-order valence-corrected chi connectivity index (χ4v) is 4.85. The minimum Gasteiger partial charge on any atom is -0.358 e. The molecule has 0 saturated carbocycles. The van der Waals surface area contributed by atoms with Crippen molar-refractivity contribution in [3.63, 3.8) is 0 Å². The summed E-state index contributed by atoms with van der Waals surface area (Å²) in [6.07, 6.45) is 11.9. The highest BCUT2D eigenvalue weighted by Crippen LogP contribution is 2.44. The molecular formula is C22H25N3O2. The quantitative estimate of drug-likeness (QED) is 0.775. The van der Waals surface area contributed by atoms with Crippen LogP contribution in [0.25, 0.3) is 11.6 Å². The van der Waals surface area contributed by atoms with Gasteiger partial charge in [-0.3, -0.25) is 9.59 Å². The molecule has 3 aliphatic carbocycles. The molecule has 27 heavy (non-hydrogen) atoms. The summed E-state index contributed by atoms with van der Waals surface area (Å²) in [5, 5.41) is 0. The normalized spacial score (nSPS) is 23.1. The SMILES string of the molecule is CN(C)CCN1C=C2C(=O)CC(=O)c3c4c(n(c32)C1)CC1CCC=CC1=C4. The Labute approximate surface area is 159 Å². The highest BCUT2D eigenvalue weighted by molar-refractivity contribution is 6.33. The van der Waals surface area contributed by atoms with Crippen molar-refractivity contribution in [2.24, 2.45) is 5.92 Å². The molecule has 0 N–H and O–H groups in total. The van der Waals surface area contributed by atoms with Crippen molar-refractivity contribution >= 4 is 23.2 Å². The van der Waals surface area contributed by atoms with Gasteiger partial charge in [0.1, 0.15) is 0 Å². The Bertz CT molecular complexity index is 945. The summed E-state index contributed by atoms with van der Waals surface area (Å²) in [6, 6.07) is 0. The lowest BCUT2D eigenvalue weighted by Gasteiger charge is -2.33. The molecule has 1 aromatic rings. The van der Waals surface area contributed by atoms with Gasteiger partial charge >= 0.3 is 0 Å². The van der Waals surface area contributed by atoms with Crippen molar-refractivity contribution in [2.75, 3.05) is 27.2 Å².